The van der Waals surface area contributed by atoms with Gasteiger partial charge < -0.3 is 9.29 Å². The van der Waals surface area contributed by atoms with E-state index in [-0.39, 0.29) is 23.3 Å². The summed E-state index contributed by atoms with van der Waals surface area (Å²) in [5, 5.41) is 0.894. The van der Waals surface area contributed by atoms with Crippen LogP contribution in [0, 0.1) is 5.82 Å². The van der Waals surface area contributed by atoms with Crippen LogP contribution in [0.1, 0.15) is 53.1 Å². The summed E-state index contributed by atoms with van der Waals surface area (Å²) < 4.78 is 34.7. The van der Waals surface area contributed by atoms with Gasteiger partial charge in [0.15, 0.2) is 0 Å². The Morgan fingerprint density at radius 1 is 1.14 bits per heavy atom. The fraction of sp³-hybridized carbons (Fsp3) is 0.350. The molecule has 0 saturated heterocycles. The SMILES string of the molecule is O=C(N[S+]([O-])C1CC1)c1cc(C2CC2)c(COc2cc(Cl)cc(Cl)c2)cc1F. The molecule has 1 N–H and O–H groups in total. The fourth-order valence-electron chi connectivity index (χ4n) is 2.99. The lowest BCUT2D eigenvalue weighted by Gasteiger charge is -2.15. The van der Waals surface area contributed by atoms with E-state index in [0.717, 1.165) is 31.2 Å². The van der Waals surface area contributed by atoms with Crippen molar-refractivity contribution in [1.82, 2.24) is 4.72 Å². The molecule has 0 heterocycles. The van der Waals surface area contributed by atoms with Gasteiger partial charge in [-0.25, -0.2) is 4.39 Å². The van der Waals surface area contributed by atoms with Crippen LogP contribution in [0.5, 0.6) is 5.75 Å². The third kappa shape index (κ3) is 4.74. The molecule has 2 aromatic rings. The maximum atomic E-state index is 14.6. The number of rotatable bonds is 7. The van der Waals surface area contributed by atoms with Crippen molar-refractivity contribution in [2.24, 2.45) is 0 Å². The molecule has 2 aliphatic rings. The van der Waals surface area contributed by atoms with Crippen LogP contribution in [0.4, 0.5) is 4.39 Å². The van der Waals surface area contributed by atoms with Crippen LogP contribution in [0.2, 0.25) is 10.0 Å². The van der Waals surface area contributed by atoms with Gasteiger partial charge >= 0.3 is 0 Å². The van der Waals surface area contributed by atoms with Crippen molar-refractivity contribution in [2.45, 2.75) is 43.5 Å². The minimum Gasteiger partial charge on any atom is -0.593 e. The summed E-state index contributed by atoms with van der Waals surface area (Å²) >= 11 is 10.5. The average molecular weight is 442 g/mol. The van der Waals surface area contributed by atoms with Crippen molar-refractivity contribution in [2.75, 3.05) is 0 Å². The second kappa shape index (κ2) is 8.11. The van der Waals surface area contributed by atoms with Crippen LogP contribution in [0.3, 0.4) is 0 Å². The van der Waals surface area contributed by atoms with Crippen molar-refractivity contribution in [3.63, 3.8) is 0 Å². The topological polar surface area (TPSA) is 61.4 Å². The highest BCUT2D eigenvalue weighted by Crippen LogP contribution is 2.43. The number of carbonyl (C=O) groups is 1. The van der Waals surface area contributed by atoms with Crippen LogP contribution in [0.25, 0.3) is 0 Å². The molecule has 28 heavy (non-hydrogen) atoms. The lowest BCUT2D eigenvalue weighted by molar-refractivity contribution is 0.0977. The molecule has 0 aliphatic heterocycles. The van der Waals surface area contributed by atoms with Crippen LogP contribution in [-0.2, 0) is 18.0 Å². The van der Waals surface area contributed by atoms with Gasteiger partial charge in [-0.1, -0.05) is 23.2 Å². The van der Waals surface area contributed by atoms with Gasteiger partial charge in [-0.3, -0.25) is 4.79 Å². The highest BCUT2D eigenvalue weighted by Gasteiger charge is 2.37. The number of hydrogen-bond acceptors (Lipinski definition) is 3. The molecular formula is C20H18Cl2FNO3S. The zero-order valence-corrected chi connectivity index (χ0v) is 17.2. The molecular weight excluding hydrogens is 424 g/mol. The third-order valence-corrected chi connectivity index (χ3v) is 6.64. The van der Waals surface area contributed by atoms with Crippen LogP contribution in [-0.4, -0.2) is 15.7 Å². The van der Waals surface area contributed by atoms with Crippen LogP contribution in [0.15, 0.2) is 30.3 Å². The molecule has 2 aromatic carbocycles. The minimum atomic E-state index is -1.46. The first-order valence-electron chi connectivity index (χ1n) is 9.03. The van der Waals surface area contributed by atoms with Crippen molar-refractivity contribution < 1.29 is 18.5 Å². The van der Waals surface area contributed by atoms with Crippen LogP contribution < -0.4 is 9.46 Å². The van der Waals surface area contributed by atoms with Crippen LogP contribution >= 0.6 is 23.2 Å². The molecule has 0 spiro atoms. The Balaban J connectivity index is 1.54. The normalized spacial score (nSPS) is 17.3. The molecule has 2 fully saturated rings. The van der Waals surface area contributed by atoms with Crippen molar-refractivity contribution in [3.05, 3.63) is 62.9 Å². The number of ether oxygens (including phenoxy) is 1. The number of nitrogens with one attached hydrogen (secondary N) is 1. The van der Waals surface area contributed by atoms with E-state index >= 15 is 0 Å². The Kier molecular flexibility index (Phi) is 5.74. The Labute approximate surface area is 175 Å². The maximum absolute atomic E-state index is 14.6. The largest absolute Gasteiger partial charge is 0.593 e. The summed E-state index contributed by atoms with van der Waals surface area (Å²) in [6, 6.07) is 7.76. The van der Waals surface area contributed by atoms with E-state index in [0.29, 0.717) is 21.4 Å². The number of halogens is 3. The zero-order chi connectivity index (χ0) is 19.8. The Bertz CT molecular complexity index is 898. The molecule has 0 bridgehead atoms. The molecule has 2 saturated carbocycles. The van der Waals surface area contributed by atoms with Gasteiger partial charge in [0.2, 0.25) is 0 Å². The van der Waals surface area contributed by atoms with Gasteiger partial charge in [-0.2, -0.15) is 4.72 Å². The summed E-state index contributed by atoms with van der Waals surface area (Å²) in [5.41, 5.74) is 1.48. The standard InChI is InChI=1S/C20H18Cl2FNO3S/c21-13-6-14(22)8-15(7-13)27-10-12-5-19(23)18(9-17(12)11-1-2-11)20(25)24-28(26)16-3-4-16/h5-9,11,16H,1-4,10H2,(H,24,25). The lowest BCUT2D eigenvalue weighted by Crippen LogP contribution is -2.33. The summed E-state index contributed by atoms with van der Waals surface area (Å²) in [7, 11) is 0. The molecule has 4 nitrogen and oxygen atoms in total. The number of carbonyl (C=O) groups excluding carboxylic acids is 1. The van der Waals surface area contributed by atoms with Gasteiger partial charge in [0.25, 0.3) is 5.91 Å². The van der Waals surface area contributed by atoms with Gasteiger partial charge in [0.1, 0.15) is 23.4 Å². The molecule has 1 unspecified atom stereocenters. The van der Waals surface area contributed by atoms with Crippen molar-refractivity contribution in [1.29, 1.82) is 0 Å². The van der Waals surface area contributed by atoms with Gasteiger partial charge in [-0.15, -0.1) is 0 Å². The molecule has 1 atom stereocenters. The van der Waals surface area contributed by atoms with E-state index in [4.69, 9.17) is 27.9 Å². The third-order valence-electron chi connectivity index (χ3n) is 4.74. The monoisotopic (exact) mass is 441 g/mol. The first-order valence-corrected chi connectivity index (χ1v) is 11.0. The molecule has 0 aromatic heterocycles. The molecule has 8 heteroatoms. The first-order chi connectivity index (χ1) is 13.4. The second-order valence-electron chi connectivity index (χ2n) is 7.13. The van der Waals surface area contributed by atoms with E-state index in [1.807, 2.05) is 0 Å². The smallest absolute Gasteiger partial charge is 0.295 e. The molecule has 2 aliphatic carbocycles. The van der Waals surface area contributed by atoms with Gasteiger partial charge in [0, 0.05) is 22.9 Å². The minimum absolute atomic E-state index is 0.00731. The Morgan fingerprint density at radius 2 is 1.82 bits per heavy atom. The quantitative estimate of drug-likeness (QED) is 0.604. The number of hydrogen-bond donors (Lipinski definition) is 1. The maximum Gasteiger partial charge on any atom is 0.295 e. The highest BCUT2D eigenvalue weighted by molar-refractivity contribution is 7.91. The molecule has 148 valence electrons. The summed E-state index contributed by atoms with van der Waals surface area (Å²) in [5.74, 6) is -0.528. The average Bonchev–Trinajstić information content (AvgIpc) is 3.52. The first kappa shape index (κ1) is 19.8. The summed E-state index contributed by atoms with van der Waals surface area (Å²) in [4.78, 5) is 12.4. The van der Waals surface area contributed by atoms with E-state index in [2.05, 4.69) is 4.72 Å². The van der Waals surface area contributed by atoms with Crippen molar-refractivity contribution in [3.8, 4) is 5.75 Å². The van der Waals surface area contributed by atoms with E-state index in [1.165, 1.54) is 6.07 Å². The fourth-order valence-corrected chi connectivity index (χ4v) is 4.52. The molecule has 1 amide bonds. The van der Waals surface area contributed by atoms with E-state index in [9.17, 15) is 13.7 Å². The molecule has 4 rings (SSSR count). The number of amides is 1. The van der Waals surface area contributed by atoms with E-state index in [1.54, 1.807) is 24.3 Å². The van der Waals surface area contributed by atoms with E-state index < -0.39 is 23.1 Å². The lowest BCUT2D eigenvalue weighted by atomic mass is 9.99. The van der Waals surface area contributed by atoms with Crippen molar-refractivity contribution >= 4 is 40.5 Å². The molecule has 0 radical (unpaired) electrons. The van der Waals surface area contributed by atoms with Gasteiger partial charge in [-0.05, 0) is 60.2 Å². The Hall–Kier alpha value is -1.47. The Morgan fingerprint density at radius 3 is 2.43 bits per heavy atom. The van der Waals surface area contributed by atoms with Gasteiger partial charge in [0.05, 0.1) is 16.9 Å². The summed E-state index contributed by atoms with van der Waals surface area (Å²) in [6.07, 6.45) is 3.62. The highest BCUT2D eigenvalue weighted by atomic mass is 35.5. The zero-order valence-electron chi connectivity index (χ0n) is 14.8. The number of benzene rings is 2. The summed E-state index contributed by atoms with van der Waals surface area (Å²) in [6.45, 7) is 0.134. The second-order valence-corrected chi connectivity index (χ2v) is 9.47. The predicted octanol–water partition coefficient (Wildman–Crippen LogP) is 5.14. The predicted molar refractivity (Wildman–Crippen MR) is 108 cm³/mol.